The molecule has 2 heteroatoms. The van der Waals surface area contributed by atoms with Crippen LogP contribution in [0.5, 0.6) is 11.5 Å². The van der Waals surface area contributed by atoms with Crippen molar-refractivity contribution in [2.45, 2.75) is 155 Å². The van der Waals surface area contributed by atoms with Crippen molar-refractivity contribution in [2.24, 2.45) is 0 Å². The minimum absolute atomic E-state index is 0.0289. The van der Waals surface area contributed by atoms with Crippen molar-refractivity contribution < 1.29 is 9.84 Å². The van der Waals surface area contributed by atoms with Gasteiger partial charge in [0.05, 0.1) is 0 Å². The first kappa shape index (κ1) is 30.6. The molecule has 2 aromatic rings. The number of fused-ring (bicyclic) bond motifs is 1. The Morgan fingerprint density at radius 2 is 1.11 bits per heavy atom. The fourth-order valence-electron chi connectivity index (χ4n) is 6.94. The number of phenolic OH excluding ortho intramolecular Hbond substituents is 1. The van der Waals surface area contributed by atoms with Crippen molar-refractivity contribution in [3.05, 3.63) is 58.7 Å². The number of phenols is 1. The smallest absolute Gasteiger partial charge is 0.136 e. The van der Waals surface area contributed by atoms with Gasteiger partial charge in [-0.15, -0.1) is 0 Å². The zero-order valence-electron chi connectivity index (χ0n) is 25.3. The quantitative estimate of drug-likeness (QED) is 0.210. The maximum Gasteiger partial charge on any atom is 0.136 e. The molecule has 212 valence electrons. The first-order valence-electron chi connectivity index (χ1n) is 15.9. The van der Waals surface area contributed by atoms with Crippen LogP contribution in [-0.2, 0) is 23.9 Å². The van der Waals surface area contributed by atoms with Crippen molar-refractivity contribution in [2.75, 3.05) is 0 Å². The Balaban J connectivity index is 1.72. The van der Waals surface area contributed by atoms with Crippen LogP contribution in [0, 0.1) is 0 Å². The molecule has 0 aliphatic carbocycles. The third kappa shape index (κ3) is 8.27. The molecule has 0 saturated carbocycles. The van der Waals surface area contributed by atoms with Gasteiger partial charge in [-0.25, -0.2) is 0 Å². The van der Waals surface area contributed by atoms with Crippen LogP contribution in [-0.4, -0.2) is 5.11 Å². The minimum Gasteiger partial charge on any atom is -0.508 e. The molecule has 1 aliphatic heterocycles. The van der Waals surface area contributed by atoms with E-state index in [9.17, 15) is 5.11 Å². The molecule has 0 saturated heterocycles. The molecular formula is C36H56O2. The topological polar surface area (TPSA) is 29.5 Å². The lowest BCUT2D eigenvalue weighted by Gasteiger charge is -2.46. The van der Waals surface area contributed by atoms with Crippen LogP contribution < -0.4 is 4.74 Å². The average Bonchev–Trinajstić information content (AvgIpc) is 2.86. The van der Waals surface area contributed by atoms with E-state index in [4.69, 9.17) is 4.74 Å². The second-order valence-electron chi connectivity index (χ2n) is 12.7. The van der Waals surface area contributed by atoms with Crippen molar-refractivity contribution >= 4 is 0 Å². The zero-order chi connectivity index (χ0) is 27.4. The number of hydrogen-bond acceptors (Lipinski definition) is 2. The number of aromatic hydroxyl groups is 1. The number of hydrogen-bond donors (Lipinski definition) is 1. The van der Waals surface area contributed by atoms with Crippen LogP contribution in [0.1, 0.15) is 153 Å². The van der Waals surface area contributed by atoms with E-state index in [1.54, 1.807) is 0 Å². The first-order chi connectivity index (χ1) is 18.3. The third-order valence-corrected chi connectivity index (χ3v) is 8.66. The van der Waals surface area contributed by atoms with Crippen molar-refractivity contribution in [3.63, 3.8) is 0 Å². The van der Waals surface area contributed by atoms with E-state index in [-0.39, 0.29) is 5.41 Å². The highest BCUT2D eigenvalue weighted by atomic mass is 16.5. The van der Waals surface area contributed by atoms with Crippen LogP contribution in [0.4, 0.5) is 0 Å². The molecule has 0 amide bonds. The van der Waals surface area contributed by atoms with Crippen LogP contribution in [0.25, 0.3) is 0 Å². The average molecular weight is 521 g/mol. The van der Waals surface area contributed by atoms with Gasteiger partial charge in [-0.05, 0) is 61.3 Å². The lowest BCUT2D eigenvalue weighted by molar-refractivity contribution is 0.0292. The maximum atomic E-state index is 11.1. The summed E-state index contributed by atoms with van der Waals surface area (Å²) in [5.41, 5.74) is 4.51. The second kappa shape index (κ2) is 15.0. The van der Waals surface area contributed by atoms with E-state index in [2.05, 4.69) is 58.9 Å². The summed E-state index contributed by atoms with van der Waals surface area (Å²) in [5, 5.41) is 11.1. The number of rotatable bonds is 17. The molecule has 0 radical (unpaired) electrons. The Bertz CT molecular complexity index is 975. The van der Waals surface area contributed by atoms with Gasteiger partial charge in [-0.3, -0.25) is 0 Å². The molecule has 1 heterocycles. The summed E-state index contributed by atoms with van der Waals surface area (Å²) in [6.07, 6.45) is 21.4. The first-order valence-corrected chi connectivity index (χ1v) is 15.9. The number of aryl methyl sites for hydroxylation is 2. The van der Waals surface area contributed by atoms with Crippen molar-refractivity contribution in [1.82, 2.24) is 0 Å². The number of ether oxygens (including phenoxy) is 1. The Morgan fingerprint density at radius 3 is 1.66 bits per heavy atom. The molecule has 2 nitrogen and oxygen atoms in total. The Hall–Kier alpha value is -1.96. The van der Waals surface area contributed by atoms with E-state index < -0.39 is 5.60 Å². The highest BCUT2D eigenvalue weighted by Crippen LogP contribution is 2.52. The summed E-state index contributed by atoms with van der Waals surface area (Å²) in [6.45, 7) is 11.5. The fourth-order valence-corrected chi connectivity index (χ4v) is 6.94. The molecular weight excluding hydrogens is 464 g/mol. The van der Waals surface area contributed by atoms with Crippen LogP contribution in [0.3, 0.4) is 0 Å². The molecule has 0 spiro atoms. The summed E-state index contributed by atoms with van der Waals surface area (Å²) in [5.74, 6) is 1.39. The molecule has 1 N–H and O–H groups in total. The SMILES string of the molecule is CCCCCCCCCc1cccc2c1C(C)(C)CC(C)(c1c(O)cccc1CCCCCCCCC)O2. The Labute approximate surface area is 234 Å². The molecule has 1 atom stereocenters. The predicted molar refractivity (Wildman–Crippen MR) is 164 cm³/mol. The molecule has 2 aromatic carbocycles. The third-order valence-electron chi connectivity index (χ3n) is 8.66. The van der Waals surface area contributed by atoms with Gasteiger partial charge in [-0.1, -0.05) is 129 Å². The van der Waals surface area contributed by atoms with Crippen molar-refractivity contribution in [3.8, 4) is 11.5 Å². The van der Waals surface area contributed by atoms with Gasteiger partial charge in [0, 0.05) is 17.5 Å². The van der Waals surface area contributed by atoms with Crippen LogP contribution in [0.2, 0.25) is 0 Å². The summed E-state index contributed by atoms with van der Waals surface area (Å²) < 4.78 is 6.89. The molecule has 3 rings (SSSR count). The van der Waals surface area contributed by atoms with Gasteiger partial charge < -0.3 is 9.84 Å². The molecule has 0 fully saturated rings. The Kier molecular flexibility index (Phi) is 12.1. The molecule has 1 unspecified atom stereocenters. The van der Waals surface area contributed by atoms with Gasteiger partial charge in [0.15, 0.2) is 0 Å². The van der Waals surface area contributed by atoms with Crippen LogP contribution >= 0.6 is 0 Å². The number of unbranched alkanes of at least 4 members (excludes halogenated alkanes) is 12. The van der Waals surface area contributed by atoms with Gasteiger partial charge in [0.1, 0.15) is 17.1 Å². The van der Waals surface area contributed by atoms with Gasteiger partial charge >= 0.3 is 0 Å². The molecule has 0 aromatic heterocycles. The van der Waals surface area contributed by atoms with Crippen molar-refractivity contribution in [1.29, 1.82) is 0 Å². The summed E-state index contributed by atoms with van der Waals surface area (Å²) >= 11 is 0. The van der Waals surface area contributed by atoms with Gasteiger partial charge in [-0.2, -0.15) is 0 Å². The zero-order valence-corrected chi connectivity index (χ0v) is 25.3. The Morgan fingerprint density at radius 1 is 0.632 bits per heavy atom. The summed E-state index contributed by atoms with van der Waals surface area (Å²) in [6, 6.07) is 12.7. The standard InChI is InChI=1S/C36H56O2/c1-6-8-10-12-14-16-18-22-29-24-20-26-31(37)33(29)36(5)28-35(3,4)34-30(25-21-27-32(34)38-36)23-19-17-15-13-11-9-7-2/h20-21,24-27,37H,6-19,22-23,28H2,1-5H3. The van der Waals surface area contributed by atoms with E-state index in [0.717, 1.165) is 30.6 Å². The van der Waals surface area contributed by atoms with E-state index in [1.165, 1.54) is 107 Å². The number of benzene rings is 2. The van der Waals surface area contributed by atoms with Gasteiger partial charge in [0.2, 0.25) is 0 Å². The maximum absolute atomic E-state index is 11.1. The van der Waals surface area contributed by atoms with E-state index in [1.807, 2.05) is 12.1 Å². The summed E-state index contributed by atoms with van der Waals surface area (Å²) in [7, 11) is 0. The molecule has 38 heavy (non-hydrogen) atoms. The normalized spacial score (nSPS) is 18.2. The monoisotopic (exact) mass is 520 g/mol. The highest BCUT2D eigenvalue weighted by Gasteiger charge is 2.46. The van der Waals surface area contributed by atoms with Gasteiger partial charge in [0.25, 0.3) is 0 Å². The minimum atomic E-state index is -0.545. The highest BCUT2D eigenvalue weighted by molar-refractivity contribution is 5.51. The lowest BCUT2D eigenvalue weighted by Crippen LogP contribution is -2.42. The van der Waals surface area contributed by atoms with E-state index >= 15 is 0 Å². The molecule has 1 aliphatic rings. The fraction of sp³-hybridized carbons (Fsp3) is 0.667. The van der Waals surface area contributed by atoms with Crippen LogP contribution in [0.15, 0.2) is 36.4 Å². The lowest BCUT2D eigenvalue weighted by atomic mass is 9.68. The predicted octanol–water partition coefficient (Wildman–Crippen LogP) is 11.0. The largest absolute Gasteiger partial charge is 0.508 e. The molecule has 0 bridgehead atoms. The second-order valence-corrected chi connectivity index (χ2v) is 12.7. The van der Waals surface area contributed by atoms with E-state index in [0.29, 0.717) is 5.75 Å². The summed E-state index contributed by atoms with van der Waals surface area (Å²) in [4.78, 5) is 0.